The van der Waals surface area contributed by atoms with Crippen LogP contribution in [0.1, 0.15) is 38.3 Å². The first-order valence-electron chi connectivity index (χ1n) is 5.80. The number of halogens is 1. The van der Waals surface area contributed by atoms with Gasteiger partial charge in [-0.05, 0) is 32.4 Å². The molecule has 1 atom stereocenters. The second-order valence-corrected chi connectivity index (χ2v) is 4.90. The van der Waals surface area contributed by atoms with E-state index in [0.29, 0.717) is 5.82 Å². The normalized spacial score (nSPS) is 12.9. The predicted octanol–water partition coefficient (Wildman–Crippen LogP) is 2.41. The van der Waals surface area contributed by atoms with E-state index in [9.17, 15) is 5.11 Å². The number of hydrogen-bond acceptors (Lipinski definition) is 5. The monoisotopic (exact) mass is 283 g/mol. The van der Waals surface area contributed by atoms with Crippen molar-refractivity contribution in [1.29, 1.82) is 0 Å². The summed E-state index contributed by atoms with van der Waals surface area (Å²) >= 11 is 0. The summed E-state index contributed by atoms with van der Waals surface area (Å²) in [5.74, 6) is 0.651. The summed E-state index contributed by atoms with van der Waals surface area (Å²) in [5.41, 5.74) is 6.52. The maximum Gasteiger partial charge on any atom is 0.258 e. The van der Waals surface area contributed by atoms with Crippen molar-refractivity contribution < 1.29 is 9.63 Å². The fourth-order valence-electron chi connectivity index (χ4n) is 1.55. The fourth-order valence-corrected chi connectivity index (χ4v) is 1.55. The molecule has 0 aliphatic heterocycles. The highest BCUT2D eigenvalue weighted by molar-refractivity contribution is 5.85. The van der Waals surface area contributed by atoms with Gasteiger partial charge in [-0.15, -0.1) is 12.4 Å². The number of hydrogen-bond donors (Lipinski definition) is 2. The summed E-state index contributed by atoms with van der Waals surface area (Å²) in [7, 11) is 0. The smallest absolute Gasteiger partial charge is 0.258 e. The van der Waals surface area contributed by atoms with Crippen LogP contribution in [0.2, 0.25) is 0 Å². The highest BCUT2D eigenvalue weighted by Gasteiger charge is 2.24. The van der Waals surface area contributed by atoms with Gasteiger partial charge in [-0.2, -0.15) is 4.98 Å². The molecule has 2 rings (SSSR count). The van der Waals surface area contributed by atoms with Gasteiger partial charge < -0.3 is 15.4 Å². The Labute approximate surface area is 118 Å². The molecule has 1 aromatic carbocycles. The van der Waals surface area contributed by atoms with Crippen LogP contribution in [-0.4, -0.2) is 15.2 Å². The lowest BCUT2D eigenvalue weighted by molar-refractivity contribution is 0.0420. The van der Waals surface area contributed by atoms with Gasteiger partial charge in [0, 0.05) is 11.6 Å². The first-order chi connectivity index (χ1) is 8.38. The molecule has 0 bridgehead atoms. The molecule has 2 aromatic rings. The Bertz CT molecular complexity index is 547. The van der Waals surface area contributed by atoms with Crippen LogP contribution in [-0.2, 0) is 5.60 Å². The second-order valence-electron chi connectivity index (χ2n) is 4.90. The molecule has 6 heteroatoms. The molecule has 5 nitrogen and oxygen atoms in total. The molecule has 0 spiro atoms. The first kappa shape index (κ1) is 15.6. The van der Waals surface area contributed by atoms with E-state index in [2.05, 4.69) is 10.1 Å². The molecule has 0 saturated carbocycles. The number of nitrogens with two attached hydrogens (primary N) is 1. The lowest BCUT2D eigenvalue weighted by Gasteiger charge is -2.09. The minimum atomic E-state index is -1.13. The predicted molar refractivity (Wildman–Crippen MR) is 74.8 cm³/mol. The third-order valence-corrected chi connectivity index (χ3v) is 2.62. The van der Waals surface area contributed by atoms with Gasteiger partial charge in [-0.25, -0.2) is 0 Å². The number of aromatic nitrogens is 2. The van der Waals surface area contributed by atoms with Crippen molar-refractivity contribution in [2.75, 3.05) is 0 Å². The molecule has 104 valence electrons. The van der Waals surface area contributed by atoms with Gasteiger partial charge in [-0.1, -0.05) is 23.4 Å². The maximum absolute atomic E-state index is 9.78. The van der Waals surface area contributed by atoms with E-state index in [0.717, 1.165) is 11.1 Å². The van der Waals surface area contributed by atoms with E-state index in [1.165, 1.54) is 0 Å². The van der Waals surface area contributed by atoms with Gasteiger partial charge in [0.15, 0.2) is 0 Å². The van der Waals surface area contributed by atoms with Crippen LogP contribution in [0.25, 0.3) is 11.4 Å². The molecule has 0 unspecified atom stereocenters. The summed E-state index contributed by atoms with van der Waals surface area (Å²) in [6, 6.07) is 7.60. The first-order valence-corrected chi connectivity index (χ1v) is 5.80. The molecule has 0 amide bonds. The largest absolute Gasteiger partial charge is 0.381 e. The highest BCUT2D eigenvalue weighted by Crippen LogP contribution is 2.23. The Hall–Kier alpha value is -1.43. The number of rotatable bonds is 3. The van der Waals surface area contributed by atoms with Gasteiger partial charge in [0.25, 0.3) is 5.89 Å². The van der Waals surface area contributed by atoms with Crippen LogP contribution < -0.4 is 5.73 Å². The molecule has 1 heterocycles. The summed E-state index contributed by atoms with van der Waals surface area (Å²) in [6.45, 7) is 5.11. The maximum atomic E-state index is 9.78. The lowest BCUT2D eigenvalue weighted by atomic mass is 10.1. The number of nitrogens with zero attached hydrogens (tertiary/aromatic N) is 2. The van der Waals surface area contributed by atoms with E-state index in [4.69, 9.17) is 10.3 Å². The van der Waals surface area contributed by atoms with Crippen LogP contribution in [0.5, 0.6) is 0 Å². The van der Waals surface area contributed by atoms with Crippen LogP contribution in [0, 0.1) is 0 Å². The molecular weight excluding hydrogens is 266 g/mol. The minimum Gasteiger partial charge on any atom is -0.381 e. The van der Waals surface area contributed by atoms with Crippen LogP contribution >= 0.6 is 12.4 Å². The van der Waals surface area contributed by atoms with Gasteiger partial charge in [0.1, 0.15) is 5.60 Å². The zero-order chi connectivity index (χ0) is 13.3. The van der Waals surface area contributed by atoms with Crippen molar-refractivity contribution in [3.8, 4) is 11.4 Å². The molecule has 3 N–H and O–H groups in total. The number of aliphatic hydroxyl groups is 1. The van der Waals surface area contributed by atoms with Crippen LogP contribution in [0.15, 0.2) is 28.8 Å². The van der Waals surface area contributed by atoms with E-state index < -0.39 is 5.60 Å². The summed E-state index contributed by atoms with van der Waals surface area (Å²) in [4.78, 5) is 4.18. The van der Waals surface area contributed by atoms with Crippen LogP contribution in [0.4, 0.5) is 0 Å². The minimum absolute atomic E-state index is 0. The Kier molecular flexibility index (Phi) is 4.68. The van der Waals surface area contributed by atoms with Gasteiger partial charge in [0.2, 0.25) is 5.82 Å². The Balaban J connectivity index is 0.00000180. The van der Waals surface area contributed by atoms with Crippen molar-refractivity contribution in [2.24, 2.45) is 5.73 Å². The molecule has 0 saturated heterocycles. The van der Waals surface area contributed by atoms with Crippen LogP contribution in [0.3, 0.4) is 0 Å². The van der Waals surface area contributed by atoms with Crippen molar-refractivity contribution in [2.45, 2.75) is 32.4 Å². The number of benzene rings is 1. The zero-order valence-corrected chi connectivity index (χ0v) is 11.9. The highest BCUT2D eigenvalue weighted by atomic mass is 35.5. The topological polar surface area (TPSA) is 85.2 Å². The SMILES string of the molecule is C[C@H](N)c1cccc(-c2noc(C(C)(C)O)n2)c1.Cl. The third kappa shape index (κ3) is 3.53. The third-order valence-electron chi connectivity index (χ3n) is 2.62. The van der Waals surface area contributed by atoms with Crippen molar-refractivity contribution in [3.63, 3.8) is 0 Å². The fraction of sp³-hybridized carbons (Fsp3) is 0.385. The van der Waals surface area contributed by atoms with E-state index in [1.54, 1.807) is 13.8 Å². The Morgan fingerprint density at radius 1 is 1.37 bits per heavy atom. The zero-order valence-electron chi connectivity index (χ0n) is 11.1. The summed E-state index contributed by atoms with van der Waals surface area (Å²) < 4.78 is 5.04. The average Bonchev–Trinajstić information content (AvgIpc) is 2.78. The molecule has 19 heavy (non-hydrogen) atoms. The van der Waals surface area contributed by atoms with E-state index in [1.807, 2.05) is 31.2 Å². The van der Waals surface area contributed by atoms with Crippen molar-refractivity contribution >= 4 is 12.4 Å². The van der Waals surface area contributed by atoms with E-state index >= 15 is 0 Å². The summed E-state index contributed by atoms with van der Waals surface area (Å²) in [5, 5.41) is 13.6. The molecule has 0 aliphatic rings. The van der Waals surface area contributed by atoms with Gasteiger partial charge >= 0.3 is 0 Å². The Morgan fingerprint density at radius 3 is 2.58 bits per heavy atom. The second kappa shape index (κ2) is 5.69. The van der Waals surface area contributed by atoms with E-state index in [-0.39, 0.29) is 24.3 Å². The van der Waals surface area contributed by atoms with Crippen molar-refractivity contribution in [3.05, 3.63) is 35.7 Å². The quantitative estimate of drug-likeness (QED) is 0.903. The molecule has 1 aromatic heterocycles. The molecule has 0 aliphatic carbocycles. The van der Waals surface area contributed by atoms with Gasteiger partial charge in [-0.3, -0.25) is 0 Å². The molecule has 0 radical (unpaired) electrons. The summed E-state index contributed by atoms with van der Waals surface area (Å²) in [6.07, 6.45) is 0. The Morgan fingerprint density at radius 2 is 2.05 bits per heavy atom. The molecular formula is C13H18ClN3O2. The molecule has 0 fully saturated rings. The van der Waals surface area contributed by atoms with Crippen molar-refractivity contribution in [1.82, 2.24) is 10.1 Å². The lowest BCUT2D eigenvalue weighted by Crippen LogP contribution is -2.15. The average molecular weight is 284 g/mol. The standard InChI is InChI=1S/C13H17N3O2.ClH/c1-8(14)9-5-4-6-10(7-9)11-15-12(18-16-11)13(2,3)17;/h4-8,17H,14H2,1-3H3;1H/t8-;/m0./s1. The van der Waals surface area contributed by atoms with Gasteiger partial charge in [0.05, 0.1) is 0 Å².